The van der Waals surface area contributed by atoms with Gasteiger partial charge in [0.2, 0.25) is 0 Å². The van der Waals surface area contributed by atoms with Crippen molar-refractivity contribution in [2.75, 3.05) is 78.5 Å². The highest BCUT2D eigenvalue weighted by Crippen LogP contribution is 2.13. The van der Waals surface area contributed by atoms with Crippen LogP contribution in [0.1, 0.15) is 117 Å². The van der Waals surface area contributed by atoms with E-state index in [2.05, 4.69) is 151 Å². The topological polar surface area (TPSA) is 25.0 Å². The van der Waals surface area contributed by atoms with E-state index >= 15 is 0 Å². The molecule has 0 aromatic heterocycles. The van der Waals surface area contributed by atoms with Gasteiger partial charge in [0, 0.05) is 0 Å². The predicted octanol–water partition coefficient (Wildman–Crippen LogP) is 7.19. The maximum absolute atomic E-state index is 5.48. The van der Waals surface area contributed by atoms with Gasteiger partial charge in [-0.3, -0.25) is 19.6 Å². The molecule has 5 nitrogen and oxygen atoms in total. The molecule has 0 amide bonds. The van der Waals surface area contributed by atoms with E-state index in [1.54, 1.807) is 0 Å². The van der Waals surface area contributed by atoms with Crippen molar-refractivity contribution in [1.82, 2.24) is 24.9 Å². The van der Waals surface area contributed by atoms with Gasteiger partial charge in [0.1, 0.15) is 0 Å². The zero-order chi connectivity index (χ0) is 35.5. The molecular weight excluding hydrogens is 538 g/mol. The molecule has 0 unspecified atom stereocenters. The molecule has 0 atom stereocenters. The Morgan fingerprint density at radius 3 is 1.09 bits per heavy atom. The van der Waals surface area contributed by atoms with E-state index in [0.29, 0.717) is 0 Å². The smallest absolute Gasteiger partial charge is 0.0766 e. The van der Waals surface area contributed by atoms with Crippen LogP contribution in [0.2, 0.25) is 0 Å². The highest BCUT2D eigenvalue weighted by molar-refractivity contribution is 5.09. The fraction of sp³-hybridized carbons (Fsp3) is 0.795. The Bertz CT molecular complexity index is 750. The molecule has 0 spiro atoms. The largest absolute Gasteiger partial charge is 0.317 e. The summed E-state index contributed by atoms with van der Waals surface area (Å²) >= 11 is 0. The SMILES string of the molecule is C#CC(C)(C)N(CC)CC.C#CC(C)(C)N(CCC)CCC.C#CCN(CC)CC.CC#CCN(CC)CC.CCNCC. The molecule has 1 N–H and O–H groups in total. The van der Waals surface area contributed by atoms with Gasteiger partial charge in [0.25, 0.3) is 0 Å². The van der Waals surface area contributed by atoms with Gasteiger partial charge < -0.3 is 5.32 Å². The van der Waals surface area contributed by atoms with Crippen molar-refractivity contribution in [3.63, 3.8) is 0 Å². The number of nitrogens with zero attached hydrogens (tertiary/aromatic N) is 4. The molecule has 0 aromatic carbocycles. The molecule has 258 valence electrons. The molecule has 0 aliphatic carbocycles. The summed E-state index contributed by atoms with van der Waals surface area (Å²) in [5, 5.41) is 3.11. The lowest BCUT2D eigenvalue weighted by Crippen LogP contribution is -2.43. The molecule has 0 radical (unpaired) electrons. The van der Waals surface area contributed by atoms with Crippen LogP contribution >= 0.6 is 0 Å². The average Bonchev–Trinajstić information content (AvgIpc) is 3.02. The second-order valence-corrected chi connectivity index (χ2v) is 11.1. The first kappa shape index (κ1) is 51.6. The number of terminal acetylenes is 3. The standard InChI is InChI=1S/C11H21N.C9H17N.C8H15N.C7H13N.C4H11N/c1-6-9-12(10-7-2)11(4,5)8-3;1-6-9(4,5)10(7-2)8-3;1-4-7-8-9(5-2)6-3;1-4-7-8(5-2)6-3;1-3-5-4-2/h3H,6-7,9-10H2,1-2,4-5H3;1H,7-8H2,2-5H3;5-6,8H2,1-3H3;1H,5-7H2,2-3H3;5H,3-4H2,1-2H3. The number of hydrogen-bond donors (Lipinski definition) is 1. The molecule has 44 heavy (non-hydrogen) atoms. The van der Waals surface area contributed by atoms with Crippen molar-refractivity contribution in [1.29, 1.82) is 0 Å². The van der Waals surface area contributed by atoms with E-state index in [9.17, 15) is 0 Å². The zero-order valence-electron chi connectivity index (χ0n) is 32.4. The minimum Gasteiger partial charge on any atom is -0.317 e. The molecule has 0 bridgehead atoms. The Morgan fingerprint density at radius 1 is 0.545 bits per heavy atom. The van der Waals surface area contributed by atoms with E-state index in [1.807, 2.05) is 6.92 Å². The summed E-state index contributed by atoms with van der Waals surface area (Å²) in [5.74, 6) is 14.1. The molecule has 0 rings (SSSR count). The van der Waals surface area contributed by atoms with Crippen molar-refractivity contribution in [3.8, 4) is 48.9 Å². The highest BCUT2D eigenvalue weighted by atomic mass is 15.2. The van der Waals surface area contributed by atoms with Crippen LogP contribution in [-0.4, -0.2) is 109 Å². The lowest BCUT2D eigenvalue weighted by atomic mass is 10.0. The first-order valence-electron chi connectivity index (χ1n) is 17.2. The fourth-order valence-electron chi connectivity index (χ4n) is 3.87. The molecule has 5 heteroatoms. The van der Waals surface area contributed by atoms with Crippen molar-refractivity contribution >= 4 is 0 Å². The van der Waals surface area contributed by atoms with Crippen molar-refractivity contribution in [2.24, 2.45) is 0 Å². The zero-order valence-corrected chi connectivity index (χ0v) is 32.4. The normalized spacial score (nSPS) is 10.3. The Morgan fingerprint density at radius 2 is 0.909 bits per heavy atom. The third-order valence-corrected chi connectivity index (χ3v) is 7.12. The summed E-state index contributed by atoms with van der Waals surface area (Å²) in [7, 11) is 0. The lowest BCUT2D eigenvalue weighted by Gasteiger charge is -2.34. The summed E-state index contributed by atoms with van der Waals surface area (Å²) in [6.07, 6.45) is 18.3. The Labute approximate surface area is 279 Å². The quantitative estimate of drug-likeness (QED) is 0.185. The fourth-order valence-corrected chi connectivity index (χ4v) is 3.87. The van der Waals surface area contributed by atoms with Crippen LogP contribution < -0.4 is 5.32 Å². The van der Waals surface area contributed by atoms with Crippen molar-refractivity contribution < 1.29 is 0 Å². The van der Waals surface area contributed by atoms with Gasteiger partial charge in [0.15, 0.2) is 0 Å². The second kappa shape index (κ2) is 37.2. The Kier molecular flexibility index (Phi) is 43.7. The molecule has 0 aliphatic rings. The van der Waals surface area contributed by atoms with E-state index in [0.717, 1.165) is 78.5 Å². The van der Waals surface area contributed by atoms with Crippen molar-refractivity contribution in [2.45, 2.75) is 128 Å². The van der Waals surface area contributed by atoms with E-state index in [-0.39, 0.29) is 11.1 Å². The van der Waals surface area contributed by atoms with Gasteiger partial charge in [-0.1, -0.05) is 92.9 Å². The molecule has 0 aromatic rings. The van der Waals surface area contributed by atoms with Gasteiger partial charge in [-0.05, 0) is 113 Å². The van der Waals surface area contributed by atoms with Gasteiger partial charge in [-0.2, -0.15) is 0 Å². The first-order valence-corrected chi connectivity index (χ1v) is 17.2. The molecule has 0 saturated heterocycles. The summed E-state index contributed by atoms with van der Waals surface area (Å²) in [5.41, 5.74) is -0.157. The number of nitrogens with one attached hydrogen (secondary N) is 1. The van der Waals surface area contributed by atoms with Gasteiger partial charge in [-0.15, -0.1) is 25.2 Å². The summed E-state index contributed by atoms with van der Waals surface area (Å²) in [4.78, 5) is 9.11. The molecular formula is C39H77N5. The van der Waals surface area contributed by atoms with Gasteiger partial charge in [0.05, 0.1) is 24.2 Å². The van der Waals surface area contributed by atoms with Crippen LogP contribution in [0.4, 0.5) is 0 Å². The minimum atomic E-state index is -0.0799. The molecule has 0 fully saturated rings. The van der Waals surface area contributed by atoms with Crippen LogP contribution in [0.3, 0.4) is 0 Å². The van der Waals surface area contributed by atoms with Crippen LogP contribution in [0.25, 0.3) is 0 Å². The van der Waals surface area contributed by atoms with Crippen LogP contribution in [0, 0.1) is 48.9 Å². The van der Waals surface area contributed by atoms with E-state index < -0.39 is 0 Å². The monoisotopic (exact) mass is 616 g/mol. The Balaban J connectivity index is -0.000000147. The number of rotatable bonds is 16. The Hall–Kier alpha value is -1.96. The predicted molar refractivity (Wildman–Crippen MR) is 203 cm³/mol. The van der Waals surface area contributed by atoms with Crippen molar-refractivity contribution in [3.05, 3.63) is 0 Å². The molecule has 0 saturated carbocycles. The third kappa shape index (κ3) is 32.9. The highest BCUT2D eigenvalue weighted by Gasteiger charge is 2.22. The van der Waals surface area contributed by atoms with Crippen LogP contribution in [0.5, 0.6) is 0 Å². The van der Waals surface area contributed by atoms with E-state index in [4.69, 9.17) is 19.3 Å². The average molecular weight is 616 g/mol. The molecule has 0 heterocycles. The summed E-state index contributed by atoms with van der Waals surface area (Å²) in [6.45, 7) is 44.1. The lowest BCUT2D eigenvalue weighted by molar-refractivity contribution is 0.170. The third-order valence-electron chi connectivity index (χ3n) is 7.12. The van der Waals surface area contributed by atoms with Crippen LogP contribution in [-0.2, 0) is 0 Å². The summed E-state index contributed by atoms with van der Waals surface area (Å²) in [6, 6.07) is 0. The second-order valence-electron chi connectivity index (χ2n) is 11.1. The maximum Gasteiger partial charge on any atom is 0.0766 e. The first-order chi connectivity index (χ1) is 20.8. The maximum atomic E-state index is 5.48. The number of hydrogen-bond acceptors (Lipinski definition) is 5. The van der Waals surface area contributed by atoms with Gasteiger partial charge >= 0.3 is 0 Å². The van der Waals surface area contributed by atoms with Gasteiger partial charge in [-0.25, -0.2) is 0 Å². The molecule has 0 aliphatic heterocycles. The summed E-state index contributed by atoms with van der Waals surface area (Å²) < 4.78 is 0. The minimum absolute atomic E-state index is 0.0774. The van der Waals surface area contributed by atoms with Crippen LogP contribution in [0.15, 0.2) is 0 Å². The van der Waals surface area contributed by atoms with E-state index in [1.165, 1.54) is 12.8 Å².